The second-order valence-corrected chi connectivity index (χ2v) is 17.9. The fourth-order valence-electron chi connectivity index (χ4n) is 5.08. The lowest BCUT2D eigenvalue weighted by Crippen LogP contribution is -2.49. The van der Waals surface area contributed by atoms with E-state index < -0.39 is 8.07 Å². The summed E-state index contributed by atoms with van der Waals surface area (Å²) in [5, 5.41) is 6.82. The van der Waals surface area contributed by atoms with Crippen LogP contribution in [-0.4, -0.2) is 90.0 Å². The number of rotatable bonds is 12. The van der Waals surface area contributed by atoms with Crippen LogP contribution in [0.4, 0.5) is 0 Å². The van der Waals surface area contributed by atoms with Crippen LogP contribution >= 0.6 is 0 Å². The number of piperazine rings is 1. The Kier molecular flexibility index (Phi) is 9.86. The van der Waals surface area contributed by atoms with E-state index in [9.17, 15) is 4.79 Å². The summed E-state index contributed by atoms with van der Waals surface area (Å²) in [6, 6.07) is 15.9. The third-order valence-electron chi connectivity index (χ3n) is 7.52. The van der Waals surface area contributed by atoms with Crippen LogP contribution in [0.25, 0.3) is 22.0 Å². The van der Waals surface area contributed by atoms with Crippen LogP contribution in [0.3, 0.4) is 0 Å². The van der Waals surface area contributed by atoms with Crippen molar-refractivity contribution in [3.8, 4) is 23.0 Å². The lowest BCUT2D eigenvalue weighted by Gasteiger charge is -2.34. The van der Waals surface area contributed by atoms with Gasteiger partial charge in [-0.15, -0.1) is 0 Å². The molecule has 10 nitrogen and oxygen atoms in total. The number of fused-ring (bicyclic) bond motifs is 1. The standard InChI is InChI=1S/C32H42N6O4Si/c1-24-16-30(38(35-24)23-41-14-15-43(3,4)5)28-19-33-32(34-20-28)42-29-9-8-26-17-25(6-7-27(26)18-29)21-36-10-12-37(13-11-36)31(39)22-40-2/h6-9,16-20H,10-15,21-23H2,1-5H3. The number of hydrogen-bond acceptors (Lipinski definition) is 8. The molecule has 1 fully saturated rings. The Morgan fingerprint density at radius 1 is 0.953 bits per heavy atom. The van der Waals surface area contributed by atoms with E-state index in [0.29, 0.717) is 12.5 Å². The maximum Gasteiger partial charge on any atom is 0.321 e. The Bertz CT molecular complexity index is 1530. The highest BCUT2D eigenvalue weighted by atomic mass is 28.3. The number of nitrogens with zero attached hydrogens (tertiary/aromatic N) is 6. The fraction of sp³-hybridized carbons (Fsp3) is 0.438. The molecule has 0 aliphatic carbocycles. The van der Waals surface area contributed by atoms with E-state index in [4.69, 9.17) is 14.2 Å². The van der Waals surface area contributed by atoms with Gasteiger partial charge < -0.3 is 19.1 Å². The molecule has 0 spiro atoms. The van der Waals surface area contributed by atoms with Crippen LogP contribution < -0.4 is 4.74 Å². The van der Waals surface area contributed by atoms with E-state index in [1.807, 2.05) is 34.7 Å². The molecule has 0 saturated carbocycles. The van der Waals surface area contributed by atoms with Gasteiger partial charge in [0.15, 0.2) is 0 Å². The minimum Gasteiger partial charge on any atom is -0.424 e. The van der Waals surface area contributed by atoms with Crippen molar-refractivity contribution in [1.29, 1.82) is 0 Å². The second-order valence-electron chi connectivity index (χ2n) is 12.3. The van der Waals surface area contributed by atoms with Crippen molar-refractivity contribution >= 4 is 24.8 Å². The average Bonchev–Trinajstić information content (AvgIpc) is 3.36. The molecule has 3 heterocycles. The summed E-state index contributed by atoms with van der Waals surface area (Å²) in [7, 11) is 0.413. The molecule has 2 aromatic carbocycles. The van der Waals surface area contributed by atoms with Crippen molar-refractivity contribution in [2.24, 2.45) is 0 Å². The predicted molar refractivity (Wildman–Crippen MR) is 170 cm³/mol. The van der Waals surface area contributed by atoms with Gasteiger partial charge in [0.1, 0.15) is 19.1 Å². The highest BCUT2D eigenvalue weighted by Crippen LogP contribution is 2.27. The molecule has 0 unspecified atom stereocenters. The van der Waals surface area contributed by atoms with E-state index in [1.165, 1.54) is 5.56 Å². The van der Waals surface area contributed by atoms with Crippen molar-refractivity contribution < 1.29 is 19.0 Å². The Labute approximate surface area is 254 Å². The van der Waals surface area contributed by atoms with Crippen molar-refractivity contribution in [2.45, 2.75) is 45.9 Å². The molecular weight excluding hydrogens is 560 g/mol. The number of hydrogen-bond donors (Lipinski definition) is 0. The average molecular weight is 603 g/mol. The van der Waals surface area contributed by atoms with Crippen LogP contribution in [0, 0.1) is 6.92 Å². The summed E-state index contributed by atoms with van der Waals surface area (Å²) >= 11 is 0. The number of aryl methyl sites for hydroxylation is 1. The zero-order valence-electron chi connectivity index (χ0n) is 25.9. The first kappa shape index (κ1) is 30.8. The molecule has 2 aromatic heterocycles. The maximum absolute atomic E-state index is 12.1. The molecule has 0 bridgehead atoms. The Hall–Kier alpha value is -3.64. The van der Waals surface area contributed by atoms with Gasteiger partial charge in [0.05, 0.1) is 11.4 Å². The lowest BCUT2D eigenvalue weighted by molar-refractivity contribution is -0.136. The molecule has 0 radical (unpaired) electrons. The summed E-state index contributed by atoms with van der Waals surface area (Å²) in [5.74, 6) is 0.741. The minimum absolute atomic E-state index is 0.0587. The van der Waals surface area contributed by atoms with Gasteiger partial charge in [-0.05, 0) is 53.6 Å². The first-order chi connectivity index (χ1) is 20.7. The quantitative estimate of drug-likeness (QED) is 0.161. The third-order valence-corrected chi connectivity index (χ3v) is 9.22. The second kappa shape index (κ2) is 13.8. The molecule has 1 amide bonds. The van der Waals surface area contributed by atoms with Crippen molar-refractivity contribution in [1.82, 2.24) is 29.5 Å². The number of amides is 1. The maximum atomic E-state index is 12.1. The Morgan fingerprint density at radius 2 is 1.67 bits per heavy atom. The number of methoxy groups -OCH3 is 1. The van der Waals surface area contributed by atoms with Gasteiger partial charge in [0.2, 0.25) is 5.91 Å². The van der Waals surface area contributed by atoms with Gasteiger partial charge in [-0.1, -0.05) is 37.8 Å². The zero-order chi connectivity index (χ0) is 30.4. The van der Waals surface area contributed by atoms with Crippen LogP contribution in [0.5, 0.6) is 11.8 Å². The summed E-state index contributed by atoms with van der Waals surface area (Å²) in [6.07, 6.45) is 3.52. The van der Waals surface area contributed by atoms with Crippen LogP contribution in [-0.2, 0) is 27.5 Å². The van der Waals surface area contributed by atoms with Gasteiger partial charge in [0.25, 0.3) is 0 Å². The van der Waals surface area contributed by atoms with E-state index in [1.54, 1.807) is 19.5 Å². The fourth-order valence-corrected chi connectivity index (χ4v) is 5.83. The monoisotopic (exact) mass is 602 g/mol. The number of aromatic nitrogens is 4. The van der Waals surface area contributed by atoms with Crippen molar-refractivity contribution in [3.63, 3.8) is 0 Å². The van der Waals surface area contributed by atoms with Crippen LogP contribution in [0.2, 0.25) is 25.7 Å². The molecule has 11 heteroatoms. The lowest BCUT2D eigenvalue weighted by atomic mass is 10.1. The SMILES string of the molecule is COCC(=O)N1CCN(Cc2ccc3cc(Oc4ncc(-c5cc(C)nn5COCC[Si](C)(C)C)cn4)ccc3c2)CC1. The van der Waals surface area contributed by atoms with E-state index >= 15 is 0 Å². The van der Waals surface area contributed by atoms with Gasteiger partial charge in [-0.2, -0.15) is 5.10 Å². The highest BCUT2D eigenvalue weighted by Gasteiger charge is 2.21. The normalized spacial score (nSPS) is 14.4. The smallest absolute Gasteiger partial charge is 0.321 e. The molecule has 1 aliphatic rings. The van der Waals surface area contributed by atoms with Gasteiger partial charge in [0, 0.05) is 72.5 Å². The van der Waals surface area contributed by atoms with Crippen molar-refractivity contribution in [2.75, 3.05) is 46.5 Å². The van der Waals surface area contributed by atoms with E-state index in [0.717, 1.165) is 73.1 Å². The largest absolute Gasteiger partial charge is 0.424 e. The number of ether oxygens (including phenoxy) is 3. The topological polar surface area (TPSA) is 94.8 Å². The van der Waals surface area contributed by atoms with Crippen LogP contribution in [0.15, 0.2) is 54.9 Å². The molecule has 43 heavy (non-hydrogen) atoms. The van der Waals surface area contributed by atoms with Gasteiger partial charge >= 0.3 is 6.01 Å². The summed E-state index contributed by atoms with van der Waals surface area (Å²) in [6.45, 7) is 14.3. The molecular formula is C32H42N6O4Si. The van der Waals surface area contributed by atoms with E-state index in [2.05, 4.69) is 63.9 Å². The third kappa shape index (κ3) is 8.47. The molecule has 4 aromatic rings. The Balaban J connectivity index is 1.17. The molecule has 1 aliphatic heterocycles. The summed E-state index contributed by atoms with van der Waals surface area (Å²) in [5.41, 5.74) is 3.93. The molecule has 1 saturated heterocycles. The highest BCUT2D eigenvalue weighted by molar-refractivity contribution is 6.76. The zero-order valence-corrected chi connectivity index (χ0v) is 26.9. The molecule has 0 atom stereocenters. The van der Waals surface area contributed by atoms with Gasteiger partial charge in [-0.25, -0.2) is 14.6 Å². The summed E-state index contributed by atoms with van der Waals surface area (Å²) in [4.78, 5) is 25.3. The van der Waals surface area contributed by atoms with Crippen molar-refractivity contribution in [3.05, 3.63) is 66.1 Å². The van der Waals surface area contributed by atoms with E-state index in [-0.39, 0.29) is 18.5 Å². The van der Waals surface area contributed by atoms with Crippen LogP contribution in [0.1, 0.15) is 11.3 Å². The number of carbonyl (C=O) groups is 1. The molecule has 0 N–H and O–H groups in total. The Morgan fingerprint density at radius 3 is 2.40 bits per heavy atom. The predicted octanol–water partition coefficient (Wildman–Crippen LogP) is 5.20. The molecule has 228 valence electrons. The minimum atomic E-state index is -1.14. The first-order valence-corrected chi connectivity index (χ1v) is 18.5. The molecule has 5 rings (SSSR count). The number of benzene rings is 2. The summed E-state index contributed by atoms with van der Waals surface area (Å²) < 4.78 is 18.8. The van der Waals surface area contributed by atoms with Gasteiger partial charge in [-0.3, -0.25) is 9.69 Å². The number of carbonyl (C=O) groups excluding carboxylic acids is 1. The first-order valence-electron chi connectivity index (χ1n) is 14.8.